The number of halogens is 1. The van der Waals surface area contributed by atoms with Crippen LogP contribution in [0.1, 0.15) is 33.6 Å². The highest BCUT2D eigenvalue weighted by Crippen LogP contribution is 2.24. The second-order valence-corrected chi connectivity index (χ2v) is 5.35. The number of piperidine rings is 1. The first-order valence-electron chi connectivity index (χ1n) is 5.82. The van der Waals surface area contributed by atoms with Crippen molar-refractivity contribution in [3.63, 3.8) is 0 Å². The fraction of sp³-hybridized carbons (Fsp3) is 0.833. The summed E-state index contributed by atoms with van der Waals surface area (Å²) < 4.78 is 18.9. The molecule has 0 radical (unpaired) electrons. The van der Waals surface area contributed by atoms with Crippen LogP contribution in [0.15, 0.2) is 0 Å². The van der Waals surface area contributed by atoms with E-state index in [4.69, 9.17) is 10.00 Å². The number of ether oxygens (including phenoxy) is 1. The highest BCUT2D eigenvalue weighted by molar-refractivity contribution is 5.68. The van der Waals surface area contributed by atoms with Gasteiger partial charge in [0.2, 0.25) is 0 Å². The molecule has 17 heavy (non-hydrogen) atoms. The van der Waals surface area contributed by atoms with E-state index < -0.39 is 17.9 Å². The van der Waals surface area contributed by atoms with Crippen LogP contribution in [0.5, 0.6) is 0 Å². The van der Waals surface area contributed by atoms with Gasteiger partial charge in [0.05, 0.1) is 12.6 Å². The van der Waals surface area contributed by atoms with Crippen LogP contribution in [-0.4, -0.2) is 35.9 Å². The minimum absolute atomic E-state index is 0.0290. The van der Waals surface area contributed by atoms with Gasteiger partial charge in [-0.25, -0.2) is 9.18 Å². The Balaban J connectivity index is 2.50. The first-order valence-corrected chi connectivity index (χ1v) is 5.82. The van der Waals surface area contributed by atoms with Gasteiger partial charge in [-0.15, -0.1) is 0 Å². The van der Waals surface area contributed by atoms with Gasteiger partial charge in [0.1, 0.15) is 11.8 Å². The molecule has 0 aromatic heterocycles. The first-order chi connectivity index (χ1) is 7.83. The lowest BCUT2D eigenvalue weighted by molar-refractivity contribution is 0.00589. The minimum Gasteiger partial charge on any atom is -0.444 e. The van der Waals surface area contributed by atoms with Gasteiger partial charge in [-0.3, -0.25) is 0 Å². The van der Waals surface area contributed by atoms with Crippen LogP contribution in [0.3, 0.4) is 0 Å². The third kappa shape index (κ3) is 4.22. The number of hydrogen-bond donors (Lipinski definition) is 0. The second-order valence-electron chi connectivity index (χ2n) is 5.35. The molecule has 0 saturated carbocycles. The van der Waals surface area contributed by atoms with Crippen molar-refractivity contribution < 1.29 is 13.9 Å². The third-order valence-corrected chi connectivity index (χ3v) is 2.68. The molecule has 2 atom stereocenters. The van der Waals surface area contributed by atoms with E-state index in [2.05, 4.69) is 0 Å². The van der Waals surface area contributed by atoms with Crippen LogP contribution in [0, 0.1) is 17.2 Å². The predicted molar refractivity (Wildman–Crippen MR) is 61.0 cm³/mol. The van der Waals surface area contributed by atoms with Crippen molar-refractivity contribution in [3.8, 4) is 6.07 Å². The van der Waals surface area contributed by atoms with E-state index >= 15 is 0 Å². The van der Waals surface area contributed by atoms with Gasteiger partial charge >= 0.3 is 6.09 Å². The molecule has 0 N–H and O–H groups in total. The molecule has 1 aliphatic rings. The van der Waals surface area contributed by atoms with Crippen molar-refractivity contribution in [2.75, 3.05) is 13.1 Å². The van der Waals surface area contributed by atoms with Gasteiger partial charge in [0, 0.05) is 18.9 Å². The first kappa shape index (κ1) is 13.8. The van der Waals surface area contributed by atoms with Crippen molar-refractivity contribution in [2.45, 2.75) is 45.4 Å². The standard InChI is InChI=1S/C12H19FN2O2/c1-12(2,3)17-11(16)15-7-5-9(4-6-14)10(13)8-15/h9-10H,4-5,7-8H2,1-3H3/t9-,10-/m1/s1. The maximum atomic E-state index is 13.7. The smallest absolute Gasteiger partial charge is 0.410 e. The van der Waals surface area contributed by atoms with E-state index in [0.29, 0.717) is 13.0 Å². The fourth-order valence-corrected chi connectivity index (χ4v) is 1.79. The molecule has 1 saturated heterocycles. The summed E-state index contributed by atoms with van der Waals surface area (Å²) in [5.74, 6) is -0.251. The molecule has 4 nitrogen and oxygen atoms in total. The Hall–Kier alpha value is -1.31. The number of rotatable bonds is 1. The van der Waals surface area contributed by atoms with E-state index in [9.17, 15) is 9.18 Å². The minimum atomic E-state index is -1.13. The van der Waals surface area contributed by atoms with Crippen LogP contribution < -0.4 is 0 Å². The number of nitrogens with zero attached hydrogens (tertiary/aromatic N) is 2. The summed E-state index contributed by atoms with van der Waals surface area (Å²) in [4.78, 5) is 13.1. The van der Waals surface area contributed by atoms with E-state index in [1.165, 1.54) is 4.90 Å². The van der Waals surface area contributed by atoms with Gasteiger partial charge < -0.3 is 9.64 Å². The predicted octanol–water partition coefficient (Wildman–Crippen LogP) is 2.50. The third-order valence-electron chi connectivity index (χ3n) is 2.68. The molecule has 1 aliphatic heterocycles. The zero-order chi connectivity index (χ0) is 13.1. The molecule has 0 spiro atoms. The average molecular weight is 242 g/mol. The summed E-state index contributed by atoms with van der Waals surface area (Å²) in [5, 5.41) is 8.54. The number of carbonyl (C=O) groups excluding carboxylic acids is 1. The number of nitriles is 1. The van der Waals surface area contributed by atoms with E-state index in [0.717, 1.165) is 0 Å². The van der Waals surface area contributed by atoms with Gasteiger partial charge in [-0.1, -0.05) is 0 Å². The van der Waals surface area contributed by atoms with E-state index in [1.807, 2.05) is 6.07 Å². The average Bonchev–Trinajstić information content (AvgIpc) is 2.18. The van der Waals surface area contributed by atoms with Crippen LogP contribution in [-0.2, 0) is 4.74 Å². The molecule has 5 heteroatoms. The van der Waals surface area contributed by atoms with Crippen LogP contribution in [0.2, 0.25) is 0 Å². The molecule has 0 unspecified atom stereocenters. The lowest BCUT2D eigenvalue weighted by Gasteiger charge is -2.34. The molecule has 96 valence electrons. The molecular weight excluding hydrogens is 223 g/mol. The quantitative estimate of drug-likeness (QED) is 0.709. The molecular formula is C12H19FN2O2. The number of hydrogen-bond acceptors (Lipinski definition) is 3. The summed E-state index contributed by atoms with van der Waals surface area (Å²) >= 11 is 0. The van der Waals surface area contributed by atoms with Gasteiger partial charge in [-0.2, -0.15) is 5.26 Å². The highest BCUT2D eigenvalue weighted by atomic mass is 19.1. The highest BCUT2D eigenvalue weighted by Gasteiger charge is 2.33. The van der Waals surface area contributed by atoms with Crippen molar-refractivity contribution in [1.82, 2.24) is 4.90 Å². The van der Waals surface area contributed by atoms with Gasteiger partial charge in [-0.05, 0) is 27.2 Å². The SMILES string of the molecule is CC(C)(C)OC(=O)N1CC[C@@H](CC#N)[C@H](F)C1. The number of likely N-dealkylation sites (tertiary alicyclic amines) is 1. The summed E-state index contributed by atoms with van der Waals surface area (Å²) in [6.07, 6.45) is -0.872. The molecule has 0 aliphatic carbocycles. The van der Waals surface area contributed by atoms with E-state index in [-0.39, 0.29) is 18.9 Å². The van der Waals surface area contributed by atoms with Gasteiger partial charge in [0.15, 0.2) is 0 Å². The molecule has 1 rings (SSSR count). The number of alkyl halides is 1. The van der Waals surface area contributed by atoms with Crippen molar-refractivity contribution in [2.24, 2.45) is 5.92 Å². The number of amides is 1. The Morgan fingerprint density at radius 1 is 1.59 bits per heavy atom. The zero-order valence-corrected chi connectivity index (χ0v) is 10.6. The Morgan fingerprint density at radius 2 is 2.24 bits per heavy atom. The Kier molecular flexibility index (Phi) is 4.33. The Morgan fingerprint density at radius 3 is 2.71 bits per heavy atom. The monoisotopic (exact) mass is 242 g/mol. The molecule has 0 bridgehead atoms. The lowest BCUT2D eigenvalue weighted by Crippen LogP contribution is -2.46. The summed E-state index contributed by atoms with van der Waals surface area (Å²) in [7, 11) is 0. The maximum Gasteiger partial charge on any atom is 0.410 e. The summed E-state index contributed by atoms with van der Waals surface area (Å²) in [6, 6.07) is 1.98. The largest absolute Gasteiger partial charge is 0.444 e. The molecule has 1 fully saturated rings. The summed E-state index contributed by atoms with van der Waals surface area (Å²) in [5.41, 5.74) is -0.563. The normalized spacial score (nSPS) is 25.2. The zero-order valence-electron chi connectivity index (χ0n) is 10.6. The Labute approximate surface area is 101 Å². The summed E-state index contributed by atoms with van der Waals surface area (Å²) in [6.45, 7) is 5.82. The van der Waals surface area contributed by atoms with Crippen molar-refractivity contribution >= 4 is 6.09 Å². The van der Waals surface area contributed by atoms with E-state index in [1.54, 1.807) is 20.8 Å². The van der Waals surface area contributed by atoms with Crippen LogP contribution in [0.4, 0.5) is 9.18 Å². The second kappa shape index (κ2) is 5.35. The molecule has 1 amide bonds. The molecule has 0 aromatic rings. The Bertz CT molecular complexity index is 319. The van der Waals surface area contributed by atoms with Gasteiger partial charge in [0.25, 0.3) is 0 Å². The lowest BCUT2D eigenvalue weighted by atomic mass is 9.92. The maximum absolute atomic E-state index is 13.7. The van der Waals surface area contributed by atoms with Crippen LogP contribution >= 0.6 is 0 Å². The van der Waals surface area contributed by atoms with Crippen molar-refractivity contribution in [3.05, 3.63) is 0 Å². The number of carbonyl (C=O) groups is 1. The van der Waals surface area contributed by atoms with Crippen molar-refractivity contribution in [1.29, 1.82) is 5.26 Å². The molecule has 0 aromatic carbocycles. The fourth-order valence-electron chi connectivity index (χ4n) is 1.79. The topological polar surface area (TPSA) is 53.3 Å². The molecule has 1 heterocycles. The van der Waals surface area contributed by atoms with Crippen LogP contribution in [0.25, 0.3) is 0 Å².